The first-order valence-corrected chi connectivity index (χ1v) is 5.05. The standard InChI is InChI=1S/C9H15NO4S/c1-7(2)8(11)13-4-3-10-9(12)14-5-6-15/h15H,1,3-6H2,2H3,(H,10,12). The smallest absolute Gasteiger partial charge is 0.407 e. The normalized spacial score (nSPS) is 9.20. The summed E-state index contributed by atoms with van der Waals surface area (Å²) in [5.74, 6) is -0.00143. The number of alkyl carbamates (subject to hydrolysis) is 1. The number of thiol groups is 1. The van der Waals surface area contributed by atoms with Gasteiger partial charge in [0.2, 0.25) is 0 Å². The number of carbonyl (C=O) groups is 2. The van der Waals surface area contributed by atoms with Gasteiger partial charge in [0.05, 0.1) is 6.54 Å². The number of esters is 1. The molecule has 15 heavy (non-hydrogen) atoms. The number of amides is 1. The number of nitrogens with one attached hydrogen (secondary N) is 1. The molecule has 0 bridgehead atoms. The molecule has 0 aliphatic carbocycles. The maximum atomic E-state index is 10.9. The highest BCUT2D eigenvalue weighted by Crippen LogP contribution is 1.90. The van der Waals surface area contributed by atoms with Crippen molar-refractivity contribution in [1.29, 1.82) is 0 Å². The third-order valence-corrected chi connectivity index (χ3v) is 1.46. The molecule has 0 aromatic heterocycles. The summed E-state index contributed by atoms with van der Waals surface area (Å²) in [5.41, 5.74) is 0.327. The highest BCUT2D eigenvalue weighted by Gasteiger charge is 2.03. The molecule has 1 N–H and O–H groups in total. The van der Waals surface area contributed by atoms with Gasteiger partial charge in [0, 0.05) is 11.3 Å². The fourth-order valence-corrected chi connectivity index (χ4v) is 0.701. The molecule has 0 saturated heterocycles. The van der Waals surface area contributed by atoms with E-state index in [1.54, 1.807) is 6.92 Å². The number of hydrogen-bond acceptors (Lipinski definition) is 5. The van der Waals surface area contributed by atoms with Crippen LogP contribution in [0.2, 0.25) is 0 Å². The number of rotatable bonds is 6. The predicted molar refractivity (Wildman–Crippen MR) is 59.0 cm³/mol. The van der Waals surface area contributed by atoms with Gasteiger partial charge >= 0.3 is 12.1 Å². The molecule has 0 atom stereocenters. The van der Waals surface area contributed by atoms with Crippen molar-refractivity contribution in [3.63, 3.8) is 0 Å². The summed E-state index contributed by atoms with van der Waals surface area (Å²) in [6.45, 7) is 5.53. The summed E-state index contributed by atoms with van der Waals surface area (Å²) in [4.78, 5) is 21.7. The van der Waals surface area contributed by atoms with E-state index in [2.05, 4.69) is 29.3 Å². The summed E-state index contributed by atoms with van der Waals surface area (Å²) in [5, 5.41) is 2.41. The average Bonchev–Trinajstić information content (AvgIpc) is 2.20. The molecule has 86 valence electrons. The van der Waals surface area contributed by atoms with E-state index in [9.17, 15) is 9.59 Å². The van der Waals surface area contributed by atoms with Crippen molar-refractivity contribution >= 4 is 24.7 Å². The van der Waals surface area contributed by atoms with Gasteiger partial charge in [-0.15, -0.1) is 0 Å². The van der Waals surface area contributed by atoms with Gasteiger partial charge in [-0.3, -0.25) is 0 Å². The largest absolute Gasteiger partial charge is 0.460 e. The van der Waals surface area contributed by atoms with Crippen LogP contribution in [0.1, 0.15) is 6.92 Å². The third kappa shape index (κ3) is 7.87. The van der Waals surface area contributed by atoms with Gasteiger partial charge in [-0.2, -0.15) is 12.6 Å². The average molecular weight is 233 g/mol. The van der Waals surface area contributed by atoms with Crippen LogP contribution in [0.25, 0.3) is 0 Å². The zero-order chi connectivity index (χ0) is 11.7. The molecular weight excluding hydrogens is 218 g/mol. The van der Waals surface area contributed by atoms with Crippen molar-refractivity contribution in [2.75, 3.05) is 25.5 Å². The second-order valence-electron chi connectivity index (χ2n) is 2.70. The second kappa shape index (κ2) is 8.16. The Bertz CT molecular complexity index is 242. The molecule has 0 aromatic rings. The van der Waals surface area contributed by atoms with Crippen LogP contribution in [-0.2, 0) is 14.3 Å². The van der Waals surface area contributed by atoms with E-state index in [0.29, 0.717) is 11.3 Å². The maximum Gasteiger partial charge on any atom is 0.407 e. The molecule has 0 radical (unpaired) electrons. The molecule has 0 aliphatic heterocycles. The molecule has 6 heteroatoms. The van der Waals surface area contributed by atoms with E-state index < -0.39 is 12.1 Å². The van der Waals surface area contributed by atoms with Gasteiger partial charge in [0.25, 0.3) is 0 Å². The molecule has 5 nitrogen and oxygen atoms in total. The van der Waals surface area contributed by atoms with Gasteiger partial charge in [-0.1, -0.05) is 6.58 Å². The van der Waals surface area contributed by atoms with Crippen molar-refractivity contribution in [3.05, 3.63) is 12.2 Å². The topological polar surface area (TPSA) is 64.6 Å². The van der Waals surface area contributed by atoms with Gasteiger partial charge in [-0.05, 0) is 6.92 Å². The van der Waals surface area contributed by atoms with Gasteiger partial charge in [0.1, 0.15) is 13.2 Å². The van der Waals surface area contributed by atoms with Gasteiger partial charge in [-0.25, -0.2) is 9.59 Å². The van der Waals surface area contributed by atoms with E-state index in [0.717, 1.165) is 0 Å². The number of ether oxygens (including phenoxy) is 2. The Morgan fingerprint density at radius 3 is 2.53 bits per heavy atom. The van der Waals surface area contributed by atoms with Crippen LogP contribution in [0.4, 0.5) is 4.79 Å². The Balaban J connectivity index is 3.42. The summed E-state index contributed by atoms with van der Waals surface area (Å²) in [6, 6.07) is 0. The third-order valence-electron chi connectivity index (χ3n) is 1.28. The van der Waals surface area contributed by atoms with Gasteiger partial charge < -0.3 is 14.8 Å². The van der Waals surface area contributed by atoms with Crippen molar-refractivity contribution in [2.24, 2.45) is 0 Å². The minimum Gasteiger partial charge on any atom is -0.460 e. The molecule has 0 rings (SSSR count). The van der Waals surface area contributed by atoms with Crippen molar-refractivity contribution in [3.8, 4) is 0 Å². The quantitative estimate of drug-likeness (QED) is 0.308. The Kier molecular flexibility index (Phi) is 7.53. The zero-order valence-corrected chi connectivity index (χ0v) is 9.51. The predicted octanol–water partition coefficient (Wildman–Crippen LogP) is 0.762. The van der Waals surface area contributed by atoms with E-state index in [1.165, 1.54) is 0 Å². The summed E-state index contributed by atoms with van der Waals surface area (Å²) >= 11 is 3.87. The van der Waals surface area contributed by atoms with Crippen LogP contribution in [0.3, 0.4) is 0 Å². The second-order valence-corrected chi connectivity index (χ2v) is 3.15. The maximum absolute atomic E-state index is 10.9. The summed E-state index contributed by atoms with van der Waals surface area (Å²) in [7, 11) is 0. The van der Waals surface area contributed by atoms with E-state index in [4.69, 9.17) is 4.74 Å². The SMILES string of the molecule is C=C(C)C(=O)OCCNC(=O)OCCS. The lowest BCUT2D eigenvalue weighted by Gasteiger charge is -2.06. The highest BCUT2D eigenvalue weighted by molar-refractivity contribution is 7.80. The first-order valence-electron chi connectivity index (χ1n) is 4.42. The number of hydrogen-bond donors (Lipinski definition) is 2. The van der Waals surface area contributed by atoms with Crippen LogP contribution in [0.5, 0.6) is 0 Å². The van der Waals surface area contributed by atoms with Crippen LogP contribution < -0.4 is 5.32 Å². The summed E-state index contributed by atoms with van der Waals surface area (Å²) < 4.78 is 9.40. The Labute approximate surface area is 94.2 Å². The van der Waals surface area contributed by atoms with Crippen LogP contribution in [0.15, 0.2) is 12.2 Å². The lowest BCUT2D eigenvalue weighted by atomic mass is 10.4. The zero-order valence-electron chi connectivity index (χ0n) is 8.62. The first kappa shape index (κ1) is 13.8. The van der Waals surface area contributed by atoms with Crippen LogP contribution in [-0.4, -0.2) is 37.6 Å². The molecule has 1 amide bonds. The van der Waals surface area contributed by atoms with E-state index >= 15 is 0 Å². The number of carbonyl (C=O) groups excluding carboxylic acids is 2. The van der Waals surface area contributed by atoms with Crippen LogP contribution >= 0.6 is 12.6 Å². The Morgan fingerprint density at radius 1 is 1.33 bits per heavy atom. The first-order chi connectivity index (χ1) is 7.07. The fourth-order valence-electron chi connectivity index (χ4n) is 0.609. The molecule has 0 unspecified atom stereocenters. The van der Waals surface area contributed by atoms with Crippen molar-refractivity contribution in [2.45, 2.75) is 6.92 Å². The molecule has 0 saturated carbocycles. The highest BCUT2D eigenvalue weighted by atomic mass is 32.1. The lowest BCUT2D eigenvalue weighted by molar-refractivity contribution is -0.138. The van der Waals surface area contributed by atoms with E-state index in [-0.39, 0.29) is 19.8 Å². The monoisotopic (exact) mass is 233 g/mol. The minimum atomic E-state index is -0.546. The van der Waals surface area contributed by atoms with E-state index in [1.807, 2.05) is 0 Å². The molecule has 0 spiro atoms. The fraction of sp³-hybridized carbons (Fsp3) is 0.556. The van der Waals surface area contributed by atoms with Crippen molar-refractivity contribution in [1.82, 2.24) is 5.32 Å². The lowest BCUT2D eigenvalue weighted by Crippen LogP contribution is -2.29. The molecule has 0 aromatic carbocycles. The molecule has 0 fully saturated rings. The van der Waals surface area contributed by atoms with Gasteiger partial charge in [0.15, 0.2) is 0 Å². The Hall–Kier alpha value is -1.17. The molecule has 0 aliphatic rings. The van der Waals surface area contributed by atoms with Crippen molar-refractivity contribution < 1.29 is 19.1 Å². The Morgan fingerprint density at radius 2 is 2.00 bits per heavy atom. The molecule has 0 heterocycles. The summed E-state index contributed by atoms with van der Waals surface area (Å²) in [6.07, 6.45) is -0.546. The van der Waals surface area contributed by atoms with Crippen LogP contribution in [0, 0.1) is 0 Å². The minimum absolute atomic E-state index is 0.0989. The molecular formula is C9H15NO4S.